The molecule has 1 aromatic heterocycles. The Kier molecular flexibility index (Phi) is 8.05. The van der Waals surface area contributed by atoms with Crippen molar-refractivity contribution in [2.45, 2.75) is 44.3 Å². The number of rotatable bonds is 7. The molecule has 13 heteroatoms. The van der Waals surface area contributed by atoms with E-state index in [9.17, 15) is 21.6 Å². The van der Waals surface area contributed by atoms with Crippen LogP contribution >= 0.6 is 0 Å². The summed E-state index contributed by atoms with van der Waals surface area (Å²) >= 11 is 0. The SMILES string of the molecule is Cc1cnc(Nc2ccc(N3CCNCC3)c(C(F)(F)F)c2)nc1Nc1cccc(S(=O)(=O)NC(C)(C)C)c1. The molecule has 0 radical (unpaired) electrons. The molecule has 4 rings (SSSR count). The second kappa shape index (κ2) is 11.0. The Balaban J connectivity index is 1.57. The van der Waals surface area contributed by atoms with Crippen molar-refractivity contribution in [3.8, 4) is 0 Å². The molecular weight excluding hydrogens is 531 g/mol. The van der Waals surface area contributed by atoms with Gasteiger partial charge in [0.25, 0.3) is 0 Å². The van der Waals surface area contributed by atoms with E-state index in [1.807, 2.05) is 0 Å². The average Bonchev–Trinajstić information content (AvgIpc) is 2.85. The van der Waals surface area contributed by atoms with Crippen molar-refractivity contribution in [1.29, 1.82) is 0 Å². The van der Waals surface area contributed by atoms with Crippen molar-refractivity contribution in [2.24, 2.45) is 0 Å². The summed E-state index contributed by atoms with van der Waals surface area (Å²) < 4.78 is 69.9. The fraction of sp³-hybridized carbons (Fsp3) is 0.385. The van der Waals surface area contributed by atoms with Crippen molar-refractivity contribution in [3.63, 3.8) is 0 Å². The van der Waals surface area contributed by atoms with Gasteiger partial charge >= 0.3 is 6.18 Å². The van der Waals surface area contributed by atoms with Gasteiger partial charge in [0.05, 0.1) is 10.5 Å². The van der Waals surface area contributed by atoms with Gasteiger partial charge in [-0.1, -0.05) is 6.07 Å². The van der Waals surface area contributed by atoms with Crippen LogP contribution in [0.25, 0.3) is 0 Å². The zero-order chi connectivity index (χ0) is 28.4. The Bertz CT molecular complexity index is 1430. The predicted octanol–water partition coefficient (Wildman–Crippen LogP) is 4.78. The number of nitrogens with zero attached hydrogens (tertiary/aromatic N) is 3. The van der Waals surface area contributed by atoms with Gasteiger partial charge in [0.1, 0.15) is 5.82 Å². The Morgan fingerprint density at radius 2 is 1.67 bits per heavy atom. The van der Waals surface area contributed by atoms with Crippen LogP contribution in [0.4, 0.5) is 42.0 Å². The van der Waals surface area contributed by atoms with Gasteiger partial charge in [-0.2, -0.15) is 18.2 Å². The monoisotopic (exact) mass is 563 g/mol. The summed E-state index contributed by atoms with van der Waals surface area (Å²) in [6.45, 7) is 9.23. The first kappa shape index (κ1) is 28.6. The summed E-state index contributed by atoms with van der Waals surface area (Å²) in [6, 6.07) is 10.3. The standard InChI is InChI=1S/C26H32F3N7O2S/c1-17-16-31-24(33-19-8-9-22(21(15-19)26(27,28)29)36-12-10-30-11-13-36)34-23(17)32-18-6-5-7-20(14-18)39(37,38)35-25(2,3)4/h5-9,14-16,30,35H,10-13H2,1-4H3,(H2,31,32,33,34). The molecule has 1 saturated heterocycles. The van der Waals surface area contributed by atoms with E-state index in [4.69, 9.17) is 0 Å². The summed E-state index contributed by atoms with van der Waals surface area (Å²) in [4.78, 5) is 10.4. The zero-order valence-electron chi connectivity index (χ0n) is 22.1. The third kappa shape index (κ3) is 7.37. The van der Waals surface area contributed by atoms with Crippen LogP contribution in [0.2, 0.25) is 0 Å². The van der Waals surface area contributed by atoms with Crippen molar-refractivity contribution < 1.29 is 21.6 Å². The molecular formula is C26H32F3N7O2S. The van der Waals surface area contributed by atoms with Crippen molar-refractivity contribution in [1.82, 2.24) is 20.0 Å². The highest BCUT2D eigenvalue weighted by atomic mass is 32.2. The maximum absolute atomic E-state index is 13.9. The summed E-state index contributed by atoms with van der Waals surface area (Å²) in [5.74, 6) is 0.462. The molecule has 0 spiro atoms. The Hall–Kier alpha value is -3.42. The molecule has 0 atom stereocenters. The molecule has 39 heavy (non-hydrogen) atoms. The first-order valence-electron chi connectivity index (χ1n) is 12.4. The molecule has 1 aliphatic heterocycles. The molecule has 0 bridgehead atoms. The lowest BCUT2D eigenvalue weighted by molar-refractivity contribution is -0.137. The third-order valence-corrected chi connectivity index (χ3v) is 7.59. The molecule has 4 N–H and O–H groups in total. The fourth-order valence-corrected chi connectivity index (χ4v) is 5.58. The number of halogens is 3. The number of benzene rings is 2. The molecule has 0 aliphatic carbocycles. The van der Waals surface area contributed by atoms with Crippen LogP contribution in [0.3, 0.4) is 0 Å². The first-order chi connectivity index (χ1) is 18.2. The van der Waals surface area contributed by atoms with E-state index in [1.165, 1.54) is 24.4 Å². The lowest BCUT2D eigenvalue weighted by atomic mass is 10.1. The fourth-order valence-electron chi connectivity index (χ4n) is 4.12. The number of hydrogen-bond acceptors (Lipinski definition) is 8. The zero-order valence-corrected chi connectivity index (χ0v) is 23.0. The highest BCUT2D eigenvalue weighted by molar-refractivity contribution is 7.89. The van der Waals surface area contributed by atoms with Crippen molar-refractivity contribution >= 4 is 38.9 Å². The predicted molar refractivity (Wildman–Crippen MR) is 146 cm³/mol. The highest BCUT2D eigenvalue weighted by Gasteiger charge is 2.35. The largest absolute Gasteiger partial charge is 0.418 e. The van der Waals surface area contributed by atoms with Gasteiger partial charge < -0.3 is 20.9 Å². The number of alkyl halides is 3. The van der Waals surface area contributed by atoms with Crippen LogP contribution < -0.4 is 25.6 Å². The molecule has 0 amide bonds. The highest BCUT2D eigenvalue weighted by Crippen LogP contribution is 2.39. The van der Waals surface area contributed by atoms with Crippen molar-refractivity contribution in [3.05, 3.63) is 59.8 Å². The van der Waals surface area contributed by atoms with E-state index in [-0.39, 0.29) is 22.2 Å². The van der Waals surface area contributed by atoms with E-state index in [0.29, 0.717) is 43.2 Å². The number of anilines is 5. The third-order valence-electron chi connectivity index (χ3n) is 5.84. The molecule has 210 valence electrons. The minimum atomic E-state index is -4.54. The quantitative estimate of drug-likeness (QED) is 0.325. The van der Waals surface area contributed by atoms with Crippen molar-refractivity contribution in [2.75, 3.05) is 41.7 Å². The first-order valence-corrected chi connectivity index (χ1v) is 13.9. The maximum Gasteiger partial charge on any atom is 0.418 e. The molecule has 1 aliphatic rings. The second-order valence-electron chi connectivity index (χ2n) is 10.3. The summed E-state index contributed by atoms with van der Waals surface area (Å²) in [5, 5.41) is 9.09. The Morgan fingerprint density at radius 1 is 0.974 bits per heavy atom. The molecule has 0 unspecified atom stereocenters. The molecule has 0 saturated carbocycles. The lowest BCUT2D eigenvalue weighted by Crippen LogP contribution is -2.44. The number of sulfonamides is 1. The number of aromatic nitrogens is 2. The van der Waals surface area contributed by atoms with Gasteiger partial charge in [0.15, 0.2) is 0 Å². The average molecular weight is 564 g/mol. The van der Waals surface area contributed by atoms with E-state index in [0.717, 1.165) is 6.07 Å². The van der Waals surface area contributed by atoms with E-state index >= 15 is 0 Å². The van der Waals surface area contributed by atoms with Gasteiger partial charge in [-0.15, -0.1) is 0 Å². The molecule has 2 heterocycles. The molecule has 1 fully saturated rings. The van der Waals surface area contributed by atoms with Gasteiger partial charge in [-0.05, 0) is 64.1 Å². The number of aryl methyl sites for hydroxylation is 1. The second-order valence-corrected chi connectivity index (χ2v) is 12.0. The normalized spacial score (nSPS) is 14.8. The topological polar surface area (TPSA) is 111 Å². The van der Waals surface area contributed by atoms with Crippen LogP contribution in [0.15, 0.2) is 53.6 Å². The van der Waals surface area contributed by atoms with Crippen LogP contribution in [-0.4, -0.2) is 50.1 Å². The summed E-state index contributed by atoms with van der Waals surface area (Å²) in [7, 11) is -3.75. The van der Waals surface area contributed by atoms with Gasteiger partial charge in [0.2, 0.25) is 16.0 Å². The van der Waals surface area contributed by atoms with Gasteiger partial charge in [0, 0.05) is 60.5 Å². The summed E-state index contributed by atoms with van der Waals surface area (Å²) in [6.07, 6.45) is -3.01. The molecule has 2 aromatic carbocycles. The maximum atomic E-state index is 13.9. The number of hydrogen-bond donors (Lipinski definition) is 4. The lowest BCUT2D eigenvalue weighted by Gasteiger charge is -2.31. The van der Waals surface area contributed by atoms with E-state index < -0.39 is 27.3 Å². The van der Waals surface area contributed by atoms with Crippen LogP contribution in [0.1, 0.15) is 31.9 Å². The van der Waals surface area contributed by atoms with Crippen LogP contribution in [0.5, 0.6) is 0 Å². The molecule has 3 aromatic rings. The minimum Gasteiger partial charge on any atom is -0.368 e. The van der Waals surface area contributed by atoms with E-state index in [2.05, 4.69) is 30.6 Å². The van der Waals surface area contributed by atoms with Crippen LogP contribution in [0, 0.1) is 6.92 Å². The van der Waals surface area contributed by atoms with Crippen LogP contribution in [-0.2, 0) is 16.2 Å². The Morgan fingerprint density at radius 3 is 2.33 bits per heavy atom. The summed E-state index contributed by atoms with van der Waals surface area (Å²) in [5.41, 5.74) is 0.0730. The van der Waals surface area contributed by atoms with Gasteiger partial charge in [-0.25, -0.2) is 18.1 Å². The minimum absolute atomic E-state index is 0.0803. The number of piperazine rings is 1. The van der Waals surface area contributed by atoms with E-state index in [1.54, 1.807) is 50.8 Å². The van der Waals surface area contributed by atoms with Gasteiger partial charge in [-0.3, -0.25) is 0 Å². The number of nitrogens with one attached hydrogen (secondary N) is 4. The Labute approximate surface area is 226 Å². The smallest absolute Gasteiger partial charge is 0.368 e. The molecule has 9 nitrogen and oxygen atoms in total.